The van der Waals surface area contributed by atoms with Crippen LogP contribution in [0.1, 0.15) is 63.6 Å². The number of allylic oxidation sites excluding steroid dienone is 2. The highest BCUT2D eigenvalue weighted by molar-refractivity contribution is 5.65. The van der Waals surface area contributed by atoms with Gasteiger partial charge in [-0.25, -0.2) is 4.39 Å². The zero-order chi connectivity index (χ0) is 20.9. The lowest BCUT2D eigenvalue weighted by Gasteiger charge is -2.12. The Morgan fingerprint density at radius 1 is 1.17 bits per heavy atom. The van der Waals surface area contributed by atoms with E-state index in [1.807, 2.05) is 36.4 Å². The first-order valence-electron chi connectivity index (χ1n) is 10.8. The summed E-state index contributed by atoms with van der Waals surface area (Å²) in [5, 5.41) is 0. The Kier molecular flexibility index (Phi) is 10.4. The molecule has 156 valence electrons. The number of ether oxygens (including phenoxy) is 1. The molecule has 0 spiro atoms. The van der Waals surface area contributed by atoms with Crippen molar-refractivity contribution in [1.29, 1.82) is 0 Å². The van der Waals surface area contributed by atoms with Crippen molar-refractivity contribution in [3.05, 3.63) is 72.3 Å². The fourth-order valence-electron chi connectivity index (χ4n) is 3.18. The quantitative estimate of drug-likeness (QED) is 0.260. The van der Waals surface area contributed by atoms with Crippen LogP contribution < -0.4 is 0 Å². The highest BCUT2D eigenvalue weighted by atomic mass is 19.1. The van der Waals surface area contributed by atoms with Gasteiger partial charge in [0.2, 0.25) is 0 Å². The minimum Gasteiger partial charge on any atom is -0.379 e. The van der Waals surface area contributed by atoms with Crippen molar-refractivity contribution < 1.29 is 9.13 Å². The number of pyridine rings is 1. The maximum atomic E-state index is 14.5. The molecule has 29 heavy (non-hydrogen) atoms. The fraction of sp³-hybridized carbons (Fsp3) is 0.423. The molecule has 0 aliphatic rings. The van der Waals surface area contributed by atoms with Gasteiger partial charge in [-0.2, -0.15) is 0 Å². The number of aromatic nitrogens is 1. The summed E-state index contributed by atoms with van der Waals surface area (Å²) < 4.78 is 20.4. The second-order valence-corrected chi connectivity index (χ2v) is 7.49. The molecule has 1 aromatic carbocycles. The topological polar surface area (TPSA) is 22.1 Å². The summed E-state index contributed by atoms with van der Waals surface area (Å²) in [6, 6.07) is 9.18. The average molecular weight is 396 g/mol. The summed E-state index contributed by atoms with van der Waals surface area (Å²) in [6.07, 6.45) is 15.4. The molecule has 1 atom stereocenters. The van der Waals surface area contributed by atoms with Gasteiger partial charge in [-0.1, -0.05) is 56.2 Å². The van der Waals surface area contributed by atoms with E-state index in [2.05, 4.69) is 31.5 Å². The number of halogens is 1. The molecule has 1 aromatic heterocycles. The van der Waals surface area contributed by atoms with E-state index in [0.717, 1.165) is 55.5 Å². The third kappa shape index (κ3) is 8.33. The van der Waals surface area contributed by atoms with Gasteiger partial charge in [0.1, 0.15) is 5.82 Å². The third-order valence-corrected chi connectivity index (χ3v) is 4.92. The molecule has 3 heteroatoms. The van der Waals surface area contributed by atoms with Gasteiger partial charge in [0.05, 0.1) is 6.10 Å². The predicted octanol–water partition coefficient (Wildman–Crippen LogP) is 7.40. The van der Waals surface area contributed by atoms with E-state index in [1.54, 1.807) is 12.3 Å². The van der Waals surface area contributed by atoms with Crippen LogP contribution in [0.15, 0.2) is 55.3 Å². The van der Waals surface area contributed by atoms with Crippen molar-refractivity contribution in [2.45, 2.75) is 64.9 Å². The predicted molar refractivity (Wildman–Crippen MR) is 121 cm³/mol. The lowest BCUT2D eigenvalue weighted by atomic mass is 10.0. The smallest absolute Gasteiger partial charge is 0.131 e. The Bertz CT molecular complexity index is 767. The van der Waals surface area contributed by atoms with Gasteiger partial charge >= 0.3 is 0 Å². The van der Waals surface area contributed by atoms with Crippen LogP contribution >= 0.6 is 0 Å². The molecule has 0 N–H and O–H groups in total. The van der Waals surface area contributed by atoms with E-state index in [-0.39, 0.29) is 5.82 Å². The Balaban J connectivity index is 1.80. The Morgan fingerprint density at radius 3 is 2.72 bits per heavy atom. The lowest BCUT2D eigenvalue weighted by molar-refractivity contribution is 0.0566. The highest BCUT2D eigenvalue weighted by Crippen LogP contribution is 2.24. The van der Waals surface area contributed by atoms with Gasteiger partial charge in [-0.15, -0.1) is 6.58 Å². The molecule has 2 rings (SSSR count). The normalized spacial score (nSPS) is 12.4. The molecule has 1 unspecified atom stereocenters. The molecule has 0 aliphatic carbocycles. The molecule has 0 bridgehead atoms. The zero-order valence-corrected chi connectivity index (χ0v) is 17.9. The van der Waals surface area contributed by atoms with Gasteiger partial charge in [0.25, 0.3) is 0 Å². The van der Waals surface area contributed by atoms with Crippen LogP contribution in [0.2, 0.25) is 0 Å². The van der Waals surface area contributed by atoms with Crippen molar-refractivity contribution in [2.75, 3.05) is 6.61 Å². The van der Waals surface area contributed by atoms with Crippen molar-refractivity contribution in [2.24, 2.45) is 0 Å². The summed E-state index contributed by atoms with van der Waals surface area (Å²) in [5.41, 5.74) is 3.18. The minimum atomic E-state index is -0.223. The molecule has 0 amide bonds. The van der Waals surface area contributed by atoms with Crippen LogP contribution in [0.5, 0.6) is 0 Å². The molecule has 2 nitrogen and oxygen atoms in total. The maximum absolute atomic E-state index is 14.5. The van der Waals surface area contributed by atoms with E-state index in [9.17, 15) is 4.39 Å². The van der Waals surface area contributed by atoms with E-state index in [4.69, 9.17) is 4.74 Å². The van der Waals surface area contributed by atoms with Crippen LogP contribution in [0.4, 0.5) is 4.39 Å². The molecule has 0 aliphatic heterocycles. The van der Waals surface area contributed by atoms with Gasteiger partial charge < -0.3 is 4.74 Å². The number of hydrogen-bond acceptors (Lipinski definition) is 2. The molecule has 0 saturated heterocycles. The zero-order valence-electron chi connectivity index (χ0n) is 17.9. The molecular formula is C26H34FNO. The van der Waals surface area contributed by atoms with Crippen LogP contribution in [-0.4, -0.2) is 17.7 Å². The third-order valence-electron chi connectivity index (χ3n) is 4.92. The average Bonchev–Trinajstić information content (AvgIpc) is 2.72. The van der Waals surface area contributed by atoms with Gasteiger partial charge in [0, 0.05) is 36.0 Å². The number of benzene rings is 1. The first-order valence-corrected chi connectivity index (χ1v) is 10.8. The van der Waals surface area contributed by atoms with Crippen molar-refractivity contribution in [1.82, 2.24) is 4.98 Å². The first kappa shape index (κ1) is 23.0. The number of hydrogen-bond donors (Lipinski definition) is 0. The van der Waals surface area contributed by atoms with Crippen molar-refractivity contribution in [3.8, 4) is 11.1 Å². The van der Waals surface area contributed by atoms with Crippen molar-refractivity contribution >= 4 is 6.08 Å². The van der Waals surface area contributed by atoms with E-state index in [0.29, 0.717) is 11.7 Å². The van der Waals surface area contributed by atoms with Crippen LogP contribution in [-0.2, 0) is 11.2 Å². The summed E-state index contributed by atoms with van der Waals surface area (Å²) in [7, 11) is 0. The minimum absolute atomic E-state index is 0.223. The van der Waals surface area contributed by atoms with E-state index < -0.39 is 0 Å². The first-order chi connectivity index (χ1) is 14.1. The molecule has 0 fully saturated rings. The molecule has 0 radical (unpaired) electrons. The second-order valence-electron chi connectivity index (χ2n) is 7.49. The molecular weight excluding hydrogens is 361 g/mol. The molecule has 0 saturated carbocycles. The van der Waals surface area contributed by atoms with Gasteiger partial charge in [-0.3, -0.25) is 4.98 Å². The molecule has 2 aromatic rings. The van der Waals surface area contributed by atoms with E-state index >= 15 is 0 Å². The fourth-order valence-corrected chi connectivity index (χ4v) is 3.18. The Hall–Kier alpha value is -2.26. The van der Waals surface area contributed by atoms with Gasteiger partial charge in [-0.05, 0) is 50.3 Å². The van der Waals surface area contributed by atoms with E-state index in [1.165, 1.54) is 12.8 Å². The Morgan fingerprint density at radius 2 is 2.03 bits per heavy atom. The second kappa shape index (κ2) is 13.1. The summed E-state index contributed by atoms with van der Waals surface area (Å²) in [4.78, 5) is 4.36. The maximum Gasteiger partial charge on any atom is 0.131 e. The van der Waals surface area contributed by atoms with Crippen LogP contribution in [0.25, 0.3) is 17.2 Å². The Labute approximate surface area is 175 Å². The number of unbranched alkanes of at least 4 members (excludes halogenated alkanes) is 3. The highest BCUT2D eigenvalue weighted by Gasteiger charge is 2.06. The van der Waals surface area contributed by atoms with Crippen molar-refractivity contribution in [3.63, 3.8) is 0 Å². The molecule has 1 heterocycles. The summed E-state index contributed by atoms with van der Waals surface area (Å²) >= 11 is 0. The monoisotopic (exact) mass is 395 g/mol. The summed E-state index contributed by atoms with van der Waals surface area (Å²) in [5.74, 6) is -0.223. The van der Waals surface area contributed by atoms with Gasteiger partial charge in [0.15, 0.2) is 0 Å². The van der Waals surface area contributed by atoms with Crippen LogP contribution in [0, 0.1) is 5.82 Å². The largest absolute Gasteiger partial charge is 0.379 e. The SMILES string of the molecule is C=CCc1ccc(-c2ccc(/C=C/CCCC(C)OCCCCC)cc2F)cn1. The standard InChI is InChI=1S/C26H34FNO/c1-4-6-10-18-29-21(3)12-8-7-9-13-22-14-17-25(26(27)19-22)23-15-16-24(11-5-2)28-20-23/h5,9,13-17,19-21H,2,4,6-8,10-12,18H2,1,3H3/b13-9+. The van der Waals surface area contributed by atoms with Crippen LogP contribution in [0.3, 0.4) is 0 Å². The number of nitrogens with zero attached hydrogens (tertiary/aromatic N) is 1. The number of rotatable bonds is 13. The summed E-state index contributed by atoms with van der Waals surface area (Å²) in [6.45, 7) is 8.92. The lowest BCUT2D eigenvalue weighted by Crippen LogP contribution is -2.08.